The second-order valence-corrected chi connectivity index (χ2v) is 5.43. The van der Waals surface area contributed by atoms with E-state index in [2.05, 4.69) is 0 Å². The van der Waals surface area contributed by atoms with Crippen LogP contribution in [0.2, 0.25) is 0 Å². The van der Waals surface area contributed by atoms with Crippen LogP contribution >= 0.6 is 0 Å². The van der Waals surface area contributed by atoms with E-state index in [1.165, 1.54) is 4.90 Å². The number of carbonyl (C=O) groups excluding carboxylic acids is 1. The van der Waals surface area contributed by atoms with E-state index in [-0.39, 0.29) is 18.4 Å². The van der Waals surface area contributed by atoms with Gasteiger partial charge in [-0.15, -0.1) is 0 Å². The zero-order valence-corrected chi connectivity index (χ0v) is 11.8. The fourth-order valence-electron chi connectivity index (χ4n) is 2.47. The monoisotopic (exact) mass is 275 g/mol. The Kier molecular flexibility index (Phi) is 4.77. The summed E-state index contributed by atoms with van der Waals surface area (Å²) in [6.45, 7) is 2.35. The molecule has 1 aliphatic carbocycles. The third-order valence-corrected chi connectivity index (χ3v) is 3.72. The molecule has 4 heteroatoms. The molecule has 1 saturated carbocycles. The molecule has 108 valence electrons. The molecule has 1 atom stereocenters. The van der Waals surface area contributed by atoms with Crippen LogP contribution in [0, 0.1) is 5.92 Å². The van der Waals surface area contributed by atoms with Crippen LogP contribution in [0.5, 0.6) is 0 Å². The van der Waals surface area contributed by atoms with E-state index in [1.807, 2.05) is 37.3 Å². The molecule has 0 heterocycles. The van der Waals surface area contributed by atoms with E-state index in [0.29, 0.717) is 18.9 Å². The standard InChI is InChI=1S/C16H21NO3/c1-2-14(13-6-4-3-5-7-13)16(20)17(11-15(18)19)10-12-8-9-12/h3-7,12,14H,2,8-11H2,1H3,(H,18,19). The van der Waals surface area contributed by atoms with Gasteiger partial charge in [0, 0.05) is 6.54 Å². The third-order valence-electron chi connectivity index (χ3n) is 3.72. The average molecular weight is 275 g/mol. The first kappa shape index (κ1) is 14.6. The maximum atomic E-state index is 12.6. The smallest absolute Gasteiger partial charge is 0.323 e. The Balaban J connectivity index is 2.12. The number of carbonyl (C=O) groups is 2. The van der Waals surface area contributed by atoms with Crippen LogP contribution in [-0.4, -0.2) is 35.0 Å². The maximum Gasteiger partial charge on any atom is 0.323 e. The molecule has 20 heavy (non-hydrogen) atoms. The average Bonchev–Trinajstić information content (AvgIpc) is 3.23. The van der Waals surface area contributed by atoms with Gasteiger partial charge in [-0.1, -0.05) is 37.3 Å². The lowest BCUT2D eigenvalue weighted by Crippen LogP contribution is -2.40. The summed E-state index contributed by atoms with van der Waals surface area (Å²) in [4.78, 5) is 25.1. The van der Waals surface area contributed by atoms with E-state index < -0.39 is 5.97 Å². The van der Waals surface area contributed by atoms with E-state index in [9.17, 15) is 9.59 Å². The van der Waals surface area contributed by atoms with Crippen LogP contribution in [0.15, 0.2) is 30.3 Å². The highest BCUT2D eigenvalue weighted by Crippen LogP contribution is 2.31. The fourth-order valence-corrected chi connectivity index (χ4v) is 2.47. The quantitative estimate of drug-likeness (QED) is 0.831. The van der Waals surface area contributed by atoms with Gasteiger partial charge < -0.3 is 10.0 Å². The molecule has 1 amide bonds. The van der Waals surface area contributed by atoms with Crippen LogP contribution in [0.1, 0.15) is 37.7 Å². The van der Waals surface area contributed by atoms with Crippen molar-refractivity contribution in [2.75, 3.05) is 13.1 Å². The first-order chi connectivity index (χ1) is 9.61. The summed E-state index contributed by atoms with van der Waals surface area (Å²) in [7, 11) is 0. The highest BCUT2D eigenvalue weighted by atomic mass is 16.4. The first-order valence-corrected chi connectivity index (χ1v) is 7.17. The number of hydrogen-bond donors (Lipinski definition) is 1. The minimum atomic E-state index is -0.943. The molecule has 1 unspecified atom stereocenters. The molecular formula is C16H21NO3. The van der Waals surface area contributed by atoms with Gasteiger partial charge in [0.15, 0.2) is 0 Å². The Morgan fingerprint density at radius 2 is 1.95 bits per heavy atom. The maximum absolute atomic E-state index is 12.6. The molecule has 1 fully saturated rings. The summed E-state index contributed by atoms with van der Waals surface area (Å²) in [5.74, 6) is -0.754. The minimum absolute atomic E-state index is 0.0620. The Morgan fingerprint density at radius 3 is 2.45 bits per heavy atom. The first-order valence-electron chi connectivity index (χ1n) is 7.17. The van der Waals surface area contributed by atoms with Gasteiger partial charge in [0.1, 0.15) is 6.54 Å². The third kappa shape index (κ3) is 3.83. The van der Waals surface area contributed by atoms with E-state index >= 15 is 0 Å². The van der Waals surface area contributed by atoms with Gasteiger partial charge >= 0.3 is 5.97 Å². The zero-order valence-electron chi connectivity index (χ0n) is 11.8. The van der Waals surface area contributed by atoms with E-state index in [0.717, 1.165) is 18.4 Å². The van der Waals surface area contributed by atoms with Crippen molar-refractivity contribution in [3.8, 4) is 0 Å². The van der Waals surface area contributed by atoms with Gasteiger partial charge in [-0.25, -0.2) is 0 Å². The fraction of sp³-hybridized carbons (Fsp3) is 0.500. The summed E-state index contributed by atoms with van der Waals surface area (Å²) in [5, 5.41) is 9.00. The predicted octanol–water partition coefficient (Wildman–Crippen LogP) is 2.50. The van der Waals surface area contributed by atoms with Crippen molar-refractivity contribution < 1.29 is 14.7 Å². The summed E-state index contributed by atoms with van der Waals surface area (Å²) >= 11 is 0. The van der Waals surface area contributed by atoms with Crippen molar-refractivity contribution in [2.45, 2.75) is 32.1 Å². The molecule has 4 nitrogen and oxygen atoms in total. The number of benzene rings is 1. The van der Waals surface area contributed by atoms with Crippen molar-refractivity contribution in [3.05, 3.63) is 35.9 Å². The van der Waals surface area contributed by atoms with Crippen LogP contribution < -0.4 is 0 Å². The van der Waals surface area contributed by atoms with Gasteiger partial charge in [0.2, 0.25) is 5.91 Å². The second kappa shape index (κ2) is 6.55. The molecular weight excluding hydrogens is 254 g/mol. The van der Waals surface area contributed by atoms with Gasteiger partial charge in [0.05, 0.1) is 5.92 Å². The molecule has 1 aromatic carbocycles. The number of hydrogen-bond acceptors (Lipinski definition) is 2. The van der Waals surface area contributed by atoms with Gasteiger partial charge in [-0.2, -0.15) is 0 Å². The zero-order chi connectivity index (χ0) is 14.5. The molecule has 1 aliphatic rings. The number of rotatable bonds is 7. The number of aliphatic carboxylic acids is 1. The molecule has 1 N–H and O–H groups in total. The summed E-state index contributed by atoms with van der Waals surface area (Å²) in [5.41, 5.74) is 0.964. The SMILES string of the molecule is CCC(C(=O)N(CC(=O)O)CC1CC1)c1ccccc1. The molecule has 0 aliphatic heterocycles. The molecule has 0 bridgehead atoms. The Hall–Kier alpha value is -1.84. The molecule has 2 rings (SSSR count). The molecule has 1 aromatic rings. The van der Waals surface area contributed by atoms with Crippen LogP contribution in [-0.2, 0) is 9.59 Å². The summed E-state index contributed by atoms with van der Waals surface area (Å²) < 4.78 is 0. The lowest BCUT2D eigenvalue weighted by atomic mass is 9.95. The van der Waals surface area contributed by atoms with Crippen LogP contribution in [0.3, 0.4) is 0 Å². The van der Waals surface area contributed by atoms with Crippen molar-refractivity contribution >= 4 is 11.9 Å². The van der Waals surface area contributed by atoms with Gasteiger partial charge in [-0.3, -0.25) is 9.59 Å². The Labute approximate surface area is 119 Å². The van der Waals surface area contributed by atoms with Gasteiger partial charge in [0.25, 0.3) is 0 Å². The summed E-state index contributed by atoms with van der Waals surface area (Å²) in [6, 6.07) is 9.60. The van der Waals surface area contributed by atoms with Crippen molar-refractivity contribution in [3.63, 3.8) is 0 Å². The second-order valence-electron chi connectivity index (χ2n) is 5.43. The predicted molar refractivity (Wildman–Crippen MR) is 76.4 cm³/mol. The summed E-state index contributed by atoms with van der Waals surface area (Å²) in [6.07, 6.45) is 2.89. The normalized spacial score (nSPS) is 15.7. The Bertz CT molecular complexity index is 468. The molecule has 0 saturated heterocycles. The highest BCUT2D eigenvalue weighted by molar-refractivity contribution is 5.86. The lowest BCUT2D eigenvalue weighted by molar-refractivity contribution is -0.145. The number of amides is 1. The van der Waals surface area contributed by atoms with Crippen molar-refractivity contribution in [2.24, 2.45) is 5.92 Å². The number of carboxylic acids is 1. The minimum Gasteiger partial charge on any atom is -0.480 e. The van der Waals surface area contributed by atoms with Crippen molar-refractivity contribution in [1.29, 1.82) is 0 Å². The van der Waals surface area contributed by atoms with Gasteiger partial charge in [-0.05, 0) is 30.7 Å². The highest BCUT2D eigenvalue weighted by Gasteiger charge is 2.31. The molecule has 0 spiro atoms. The topological polar surface area (TPSA) is 57.6 Å². The lowest BCUT2D eigenvalue weighted by Gasteiger charge is -2.25. The largest absolute Gasteiger partial charge is 0.480 e. The Morgan fingerprint density at radius 1 is 1.30 bits per heavy atom. The van der Waals surface area contributed by atoms with E-state index in [4.69, 9.17) is 5.11 Å². The molecule has 0 aromatic heterocycles. The van der Waals surface area contributed by atoms with Crippen LogP contribution in [0.4, 0.5) is 0 Å². The van der Waals surface area contributed by atoms with Crippen LogP contribution in [0.25, 0.3) is 0 Å². The molecule has 0 radical (unpaired) electrons. The van der Waals surface area contributed by atoms with Crippen molar-refractivity contribution in [1.82, 2.24) is 4.90 Å². The van der Waals surface area contributed by atoms with E-state index in [1.54, 1.807) is 0 Å². The number of carboxylic acid groups (broad SMARTS) is 1. The number of nitrogens with zero attached hydrogens (tertiary/aromatic N) is 1.